The number of amides is 1. The SMILES string of the molecule is CCn1nccc1NC(=O)CCN.Cl. The van der Waals surface area contributed by atoms with Crippen molar-refractivity contribution in [2.75, 3.05) is 11.9 Å². The zero-order chi connectivity index (χ0) is 9.68. The van der Waals surface area contributed by atoms with Gasteiger partial charge in [-0.1, -0.05) is 0 Å². The van der Waals surface area contributed by atoms with Gasteiger partial charge in [0.2, 0.25) is 5.91 Å². The number of halogens is 1. The first-order chi connectivity index (χ1) is 6.27. The van der Waals surface area contributed by atoms with Crippen molar-refractivity contribution in [2.24, 2.45) is 5.73 Å². The van der Waals surface area contributed by atoms with Crippen LogP contribution in [0.2, 0.25) is 0 Å². The smallest absolute Gasteiger partial charge is 0.226 e. The van der Waals surface area contributed by atoms with Crippen molar-refractivity contribution in [3.05, 3.63) is 12.3 Å². The van der Waals surface area contributed by atoms with Crippen LogP contribution in [0.25, 0.3) is 0 Å². The molecule has 0 aliphatic carbocycles. The highest BCUT2D eigenvalue weighted by molar-refractivity contribution is 5.89. The number of rotatable bonds is 4. The third-order valence-corrected chi connectivity index (χ3v) is 1.65. The second-order valence-electron chi connectivity index (χ2n) is 2.62. The van der Waals surface area contributed by atoms with Gasteiger partial charge in [0.05, 0.1) is 6.20 Å². The molecular weight excluding hydrogens is 204 g/mol. The number of hydrogen-bond acceptors (Lipinski definition) is 3. The molecule has 0 saturated heterocycles. The zero-order valence-electron chi connectivity index (χ0n) is 8.06. The summed E-state index contributed by atoms with van der Waals surface area (Å²) in [5, 5.41) is 6.74. The van der Waals surface area contributed by atoms with Gasteiger partial charge in [-0.25, -0.2) is 4.68 Å². The van der Waals surface area contributed by atoms with Gasteiger partial charge >= 0.3 is 0 Å². The van der Waals surface area contributed by atoms with E-state index in [2.05, 4.69) is 10.4 Å². The van der Waals surface area contributed by atoms with Gasteiger partial charge in [0.25, 0.3) is 0 Å². The molecule has 0 aliphatic heterocycles. The number of nitrogens with one attached hydrogen (secondary N) is 1. The molecule has 0 bridgehead atoms. The van der Waals surface area contributed by atoms with E-state index < -0.39 is 0 Å². The third-order valence-electron chi connectivity index (χ3n) is 1.65. The normalized spacial score (nSPS) is 9.29. The summed E-state index contributed by atoms with van der Waals surface area (Å²) < 4.78 is 1.72. The molecule has 1 heterocycles. The molecule has 0 unspecified atom stereocenters. The van der Waals surface area contributed by atoms with Crippen LogP contribution < -0.4 is 11.1 Å². The number of carbonyl (C=O) groups is 1. The van der Waals surface area contributed by atoms with Crippen LogP contribution in [0.3, 0.4) is 0 Å². The molecule has 0 saturated carbocycles. The van der Waals surface area contributed by atoms with Crippen molar-refractivity contribution >= 4 is 24.1 Å². The van der Waals surface area contributed by atoms with Crippen molar-refractivity contribution in [2.45, 2.75) is 19.9 Å². The fourth-order valence-electron chi connectivity index (χ4n) is 1.03. The van der Waals surface area contributed by atoms with Gasteiger partial charge in [0.1, 0.15) is 5.82 Å². The molecule has 0 aromatic carbocycles. The fourth-order valence-corrected chi connectivity index (χ4v) is 1.03. The van der Waals surface area contributed by atoms with Gasteiger partial charge < -0.3 is 11.1 Å². The maximum Gasteiger partial charge on any atom is 0.226 e. The van der Waals surface area contributed by atoms with Crippen LogP contribution in [0.15, 0.2) is 12.3 Å². The van der Waals surface area contributed by atoms with E-state index in [1.54, 1.807) is 16.9 Å². The number of anilines is 1. The summed E-state index contributed by atoms with van der Waals surface area (Å²) in [6, 6.07) is 1.76. The second-order valence-corrected chi connectivity index (χ2v) is 2.62. The topological polar surface area (TPSA) is 72.9 Å². The predicted molar refractivity (Wildman–Crippen MR) is 57.5 cm³/mol. The Morgan fingerprint density at radius 3 is 3.00 bits per heavy atom. The summed E-state index contributed by atoms with van der Waals surface area (Å²) in [4.78, 5) is 11.1. The van der Waals surface area contributed by atoms with Crippen molar-refractivity contribution < 1.29 is 4.79 Å². The van der Waals surface area contributed by atoms with Gasteiger partial charge in [-0.3, -0.25) is 4.79 Å². The average Bonchev–Trinajstić information content (AvgIpc) is 2.52. The van der Waals surface area contributed by atoms with E-state index in [-0.39, 0.29) is 18.3 Å². The van der Waals surface area contributed by atoms with E-state index in [0.29, 0.717) is 13.0 Å². The van der Waals surface area contributed by atoms with E-state index in [9.17, 15) is 4.79 Å². The van der Waals surface area contributed by atoms with Gasteiger partial charge in [0, 0.05) is 25.6 Å². The lowest BCUT2D eigenvalue weighted by Crippen LogP contribution is -2.18. The second kappa shape index (κ2) is 6.39. The van der Waals surface area contributed by atoms with Crippen LogP contribution in [0, 0.1) is 0 Å². The fraction of sp³-hybridized carbons (Fsp3) is 0.500. The highest BCUT2D eigenvalue weighted by atomic mass is 35.5. The number of nitrogens with zero attached hydrogens (tertiary/aromatic N) is 2. The molecule has 0 aliphatic rings. The van der Waals surface area contributed by atoms with Gasteiger partial charge in [-0.05, 0) is 6.92 Å². The summed E-state index contributed by atoms with van der Waals surface area (Å²) in [5.41, 5.74) is 5.25. The van der Waals surface area contributed by atoms with Crippen LogP contribution >= 0.6 is 12.4 Å². The lowest BCUT2D eigenvalue weighted by Gasteiger charge is -2.05. The van der Waals surface area contributed by atoms with Crippen LogP contribution in [-0.4, -0.2) is 22.2 Å². The maximum atomic E-state index is 11.1. The maximum absolute atomic E-state index is 11.1. The minimum Gasteiger partial charge on any atom is -0.330 e. The van der Waals surface area contributed by atoms with Crippen molar-refractivity contribution in [1.29, 1.82) is 0 Å². The summed E-state index contributed by atoms with van der Waals surface area (Å²) in [6.45, 7) is 3.07. The summed E-state index contributed by atoms with van der Waals surface area (Å²) in [6.07, 6.45) is 2.00. The monoisotopic (exact) mass is 218 g/mol. The first kappa shape index (κ1) is 12.9. The molecule has 1 rings (SSSR count). The van der Waals surface area contributed by atoms with Crippen LogP contribution in [0.5, 0.6) is 0 Å². The summed E-state index contributed by atoms with van der Waals surface area (Å²) in [5.74, 6) is 0.652. The first-order valence-corrected chi connectivity index (χ1v) is 4.29. The number of nitrogens with two attached hydrogens (primary N) is 1. The Morgan fingerprint density at radius 1 is 1.71 bits per heavy atom. The van der Waals surface area contributed by atoms with E-state index >= 15 is 0 Å². The lowest BCUT2D eigenvalue weighted by atomic mass is 10.4. The van der Waals surface area contributed by atoms with Gasteiger partial charge in [-0.2, -0.15) is 5.10 Å². The van der Waals surface area contributed by atoms with E-state index in [1.807, 2.05) is 6.92 Å². The molecule has 5 nitrogen and oxygen atoms in total. The number of carbonyl (C=O) groups excluding carboxylic acids is 1. The Bertz CT molecular complexity index is 287. The summed E-state index contributed by atoms with van der Waals surface area (Å²) >= 11 is 0. The molecule has 80 valence electrons. The van der Waals surface area contributed by atoms with Crippen molar-refractivity contribution in [1.82, 2.24) is 9.78 Å². The molecule has 14 heavy (non-hydrogen) atoms. The molecule has 1 aromatic rings. The zero-order valence-corrected chi connectivity index (χ0v) is 8.88. The summed E-state index contributed by atoms with van der Waals surface area (Å²) in [7, 11) is 0. The molecule has 1 amide bonds. The molecule has 0 atom stereocenters. The van der Waals surface area contributed by atoms with Gasteiger partial charge in [-0.15, -0.1) is 12.4 Å². The third kappa shape index (κ3) is 3.35. The molecule has 0 fully saturated rings. The molecule has 3 N–H and O–H groups in total. The molecule has 0 spiro atoms. The van der Waals surface area contributed by atoms with Crippen LogP contribution in [0.1, 0.15) is 13.3 Å². The molecular formula is C8H15ClN4O. The molecule has 1 aromatic heterocycles. The predicted octanol–water partition coefficient (Wildman–Crippen LogP) is 0.612. The molecule has 0 radical (unpaired) electrons. The lowest BCUT2D eigenvalue weighted by molar-refractivity contribution is -0.116. The highest BCUT2D eigenvalue weighted by Crippen LogP contribution is 2.05. The average molecular weight is 219 g/mol. The van der Waals surface area contributed by atoms with E-state index in [0.717, 1.165) is 12.4 Å². The van der Waals surface area contributed by atoms with Crippen LogP contribution in [0.4, 0.5) is 5.82 Å². The number of aryl methyl sites for hydroxylation is 1. The largest absolute Gasteiger partial charge is 0.330 e. The quantitative estimate of drug-likeness (QED) is 0.778. The minimum absolute atomic E-state index is 0. The Morgan fingerprint density at radius 2 is 2.43 bits per heavy atom. The van der Waals surface area contributed by atoms with Gasteiger partial charge in [0.15, 0.2) is 0 Å². The standard InChI is InChI=1S/C8H14N4O.ClH/c1-2-12-7(4-6-10-12)11-8(13)3-5-9;/h4,6H,2-3,5,9H2,1H3,(H,11,13);1H. The Kier molecular flexibility index (Phi) is 5.91. The van der Waals surface area contributed by atoms with Crippen LogP contribution in [-0.2, 0) is 11.3 Å². The number of aromatic nitrogens is 2. The van der Waals surface area contributed by atoms with E-state index in [4.69, 9.17) is 5.73 Å². The Balaban J connectivity index is 0.00000169. The minimum atomic E-state index is -0.0716. The van der Waals surface area contributed by atoms with E-state index in [1.165, 1.54) is 0 Å². The number of hydrogen-bond donors (Lipinski definition) is 2. The van der Waals surface area contributed by atoms with Crippen molar-refractivity contribution in [3.63, 3.8) is 0 Å². The highest BCUT2D eigenvalue weighted by Gasteiger charge is 2.04. The first-order valence-electron chi connectivity index (χ1n) is 4.29. The Hall–Kier alpha value is -1.07. The Labute approximate surface area is 89.1 Å². The van der Waals surface area contributed by atoms with Crippen molar-refractivity contribution in [3.8, 4) is 0 Å². The molecule has 6 heteroatoms.